The number of nitrogens with zero attached hydrogens (tertiary/aromatic N) is 1. The van der Waals surface area contributed by atoms with Gasteiger partial charge in [0.1, 0.15) is 6.61 Å². The number of aliphatic hydroxyl groups is 1. The van der Waals surface area contributed by atoms with Crippen molar-refractivity contribution >= 4 is 5.97 Å². The molecule has 0 unspecified atom stereocenters. The fourth-order valence-electron chi connectivity index (χ4n) is 11.6. The molecule has 1 N–H and O–H groups in total. The second-order valence-corrected chi connectivity index (χ2v) is 16.9. The third kappa shape index (κ3) is 4.30. The van der Waals surface area contributed by atoms with Crippen molar-refractivity contribution in [1.29, 1.82) is 0 Å². The molecule has 4 saturated carbocycles. The first-order valence-electron chi connectivity index (χ1n) is 16.9. The van der Waals surface area contributed by atoms with Gasteiger partial charge in [0, 0.05) is 6.54 Å². The maximum Gasteiger partial charge on any atom is 0.312 e. The Hall–Kier alpha value is -0.870. The first-order chi connectivity index (χ1) is 18.6. The zero-order chi connectivity index (χ0) is 29.4. The number of likely N-dealkylation sites (N-methyl/N-ethyl adjacent to an activating group) is 1. The fourth-order valence-corrected chi connectivity index (χ4v) is 11.6. The summed E-state index contributed by atoms with van der Waals surface area (Å²) in [6.45, 7) is 25.0. The Morgan fingerprint density at radius 1 is 0.925 bits per heavy atom. The number of ether oxygens (including phenoxy) is 1. The number of carbonyl (C=O) groups is 1. The lowest BCUT2D eigenvalue weighted by Gasteiger charge is -2.71. The summed E-state index contributed by atoms with van der Waals surface area (Å²) >= 11 is 0. The van der Waals surface area contributed by atoms with Crippen LogP contribution in [0.5, 0.6) is 0 Å². The standard InChI is InChI=1S/C36H61NO3/c1-10-37(11-2)22-23-40-30(39)36-20-18-31(3,4)24-26(36)25-12-13-28-33(7)16-15-29(38)32(5,6)27(33)14-17-35(28,9)34(25,8)19-21-36/h12,26-29,38H,10-11,13-24H2,1-9H3/t26-,27-,28+,29-,33-,34+,35+,36-/m0/s1. The van der Waals surface area contributed by atoms with Gasteiger partial charge < -0.3 is 14.7 Å². The van der Waals surface area contributed by atoms with Crippen LogP contribution in [0.25, 0.3) is 0 Å². The summed E-state index contributed by atoms with van der Waals surface area (Å²) in [7, 11) is 0. The van der Waals surface area contributed by atoms with E-state index in [4.69, 9.17) is 4.74 Å². The van der Waals surface area contributed by atoms with E-state index in [1.807, 2.05) is 0 Å². The van der Waals surface area contributed by atoms with Crippen molar-refractivity contribution in [2.24, 2.45) is 50.2 Å². The Morgan fingerprint density at radius 3 is 2.27 bits per heavy atom. The van der Waals surface area contributed by atoms with Gasteiger partial charge in [-0.3, -0.25) is 4.79 Å². The first kappa shape index (κ1) is 30.6. The van der Waals surface area contributed by atoms with E-state index in [0.717, 1.165) is 71.0 Å². The number of allylic oxidation sites excluding steroid dienone is 2. The molecule has 8 atom stereocenters. The lowest BCUT2D eigenvalue weighted by molar-refractivity contribution is -0.206. The summed E-state index contributed by atoms with van der Waals surface area (Å²) in [4.78, 5) is 16.5. The van der Waals surface area contributed by atoms with E-state index in [2.05, 4.69) is 73.3 Å². The van der Waals surface area contributed by atoms with Crippen LogP contribution in [-0.2, 0) is 9.53 Å². The SMILES string of the molecule is CCN(CC)CCOC(=O)[C@]12CCC(C)(C)C[C@H]1C1=CC[C@@H]3[C@@]4(C)CC[C@H](O)C(C)(C)[C@@H]4CC[C@@]3(C)[C@]1(C)CC2. The molecule has 5 aliphatic carbocycles. The molecule has 5 aliphatic rings. The number of fused-ring (bicyclic) bond motifs is 7. The average molecular weight is 556 g/mol. The molecule has 4 fully saturated rings. The summed E-state index contributed by atoms with van der Waals surface area (Å²) in [5, 5.41) is 11.0. The number of rotatable bonds is 6. The highest BCUT2D eigenvalue weighted by atomic mass is 16.5. The molecule has 0 radical (unpaired) electrons. The summed E-state index contributed by atoms with van der Waals surface area (Å²) in [6.07, 6.45) is 13.4. The van der Waals surface area contributed by atoms with Crippen LogP contribution in [0, 0.1) is 50.2 Å². The van der Waals surface area contributed by atoms with Crippen molar-refractivity contribution < 1.29 is 14.6 Å². The van der Waals surface area contributed by atoms with Crippen LogP contribution in [-0.4, -0.2) is 48.3 Å². The molecule has 0 saturated heterocycles. The molecule has 0 aliphatic heterocycles. The van der Waals surface area contributed by atoms with Crippen LogP contribution in [0.3, 0.4) is 0 Å². The average Bonchev–Trinajstić information content (AvgIpc) is 2.89. The monoisotopic (exact) mass is 555 g/mol. The Morgan fingerprint density at radius 2 is 1.60 bits per heavy atom. The van der Waals surface area contributed by atoms with E-state index in [-0.39, 0.29) is 44.6 Å². The highest BCUT2D eigenvalue weighted by Crippen LogP contribution is 2.75. The minimum absolute atomic E-state index is 0.0246. The molecule has 0 amide bonds. The molecule has 0 aromatic rings. The molecule has 5 rings (SSSR count). The minimum Gasteiger partial charge on any atom is -0.464 e. The van der Waals surface area contributed by atoms with Crippen LogP contribution < -0.4 is 0 Å². The van der Waals surface area contributed by atoms with Gasteiger partial charge in [-0.25, -0.2) is 0 Å². The summed E-state index contributed by atoms with van der Waals surface area (Å²) < 4.78 is 6.18. The van der Waals surface area contributed by atoms with Crippen molar-refractivity contribution in [3.63, 3.8) is 0 Å². The molecule has 40 heavy (non-hydrogen) atoms. The van der Waals surface area contributed by atoms with Gasteiger partial charge in [-0.15, -0.1) is 0 Å². The minimum atomic E-state index is -0.356. The Kier molecular flexibility index (Phi) is 7.73. The first-order valence-corrected chi connectivity index (χ1v) is 16.9. The lowest BCUT2D eigenvalue weighted by Crippen LogP contribution is -2.65. The van der Waals surface area contributed by atoms with Gasteiger partial charge in [0.25, 0.3) is 0 Å². The molecule has 0 spiro atoms. The zero-order valence-corrected chi connectivity index (χ0v) is 27.5. The highest BCUT2D eigenvalue weighted by Gasteiger charge is 2.69. The largest absolute Gasteiger partial charge is 0.464 e. The number of hydrogen-bond donors (Lipinski definition) is 1. The van der Waals surface area contributed by atoms with Gasteiger partial charge in [-0.1, -0.05) is 74.0 Å². The number of carbonyl (C=O) groups excluding carboxylic acids is 1. The molecule has 4 nitrogen and oxygen atoms in total. The third-order valence-electron chi connectivity index (χ3n) is 14.6. The number of hydrogen-bond acceptors (Lipinski definition) is 4. The predicted molar refractivity (Wildman–Crippen MR) is 164 cm³/mol. The van der Waals surface area contributed by atoms with Gasteiger partial charge in [0.2, 0.25) is 0 Å². The smallest absolute Gasteiger partial charge is 0.312 e. The van der Waals surface area contributed by atoms with Gasteiger partial charge in [0.15, 0.2) is 0 Å². The predicted octanol–water partition coefficient (Wildman–Crippen LogP) is 8.03. The number of aliphatic hydroxyl groups excluding tert-OH is 1. The second-order valence-electron chi connectivity index (χ2n) is 16.9. The van der Waals surface area contributed by atoms with Gasteiger partial charge >= 0.3 is 5.97 Å². The number of esters is 1. The third-order valence-corrected chi connectivity index (χ3v) is 14.6. The maximum atomic E-state index is 14.1. The molecule has 0 heterocycles. The zero-order valence-electron chi connectivity index (χ0n) is 27.5. The summed E-state index contributed by atoms with van der Waals surface area (Å²) in [5.41, 5.74) is 2.08. The van der Waals surface area contributed by atoms with E-state index >= 15 is 0 Å². The van der Waals surface area contributed by atoms with Gasteiger partial charge in [-0.2, -0.15) is 0 Å². The van der Waals surface area contributed by atoms with Crippen LogP contribution in [0.1, 0.15) is 127 Å². The van der Waals surface area contributed by atoms with Crippen molar-refractivity contribution in [3.05, 3.63) is 11.6 Å². The molecule has 4 heteroatoms. The Labute approximate surface area is 246 Å². The van der Waals surface area contributed by atoms with E-state index in [0.29, 0.717) is 24.4 Å². The van der Waals surface area contributed by atoms with Crippen molar-refractivity contribution in [2.45, 2.75) is 133 Å². The van der Waals surface area contributed by atoms with E-state index < -0.39 is 0 Å². The van der Waals surface area contributed by atoms with Crippen molar-refractivity contribution in [1.82, 2.24) is 4.90 Å². The van der Waals surface area contributed by atoms with E-state index in [1.54, 1.807) is 5.57 Å². The van der Waals surface area contributed by atoms with Gasteiger partial charge in [-0.05, 0) is 122 Å². The summed E-state index contributed by atoms with van der Waals surface area (Å²) in [6, 6.07) is 0. The molecule has 0 bridgehead atoms. The summed E-state index contributed by atoms with van der Waals surface area (Å²) in [5.74, 6) is 1.58. The van der Waals surface area contributed by atoms with Crippen LogP contribution in [0.15, 0.2) is 11.6 Å². The van der Waals surface area contributed by atoms with Crippen LogP contribution in [0.4, 0.5) is 0 Å². The Balaban J connectivity index is 1.49. The topological polar surface area (TPSA) is 49.8 Å². The lowest BCUT2D eigenvalue weighted by atomic mass is 9.33. The van der Waals surface area contributed by atoms with E-state index in [9.17, 15) is 9.90 Å². The normalized spacial score (nSPS) is 45.4. The molecule has 0 aromatic heterocycles. The highest BCUT2D eigenvalue weighted by molar-refractivity contribution is 5.78. The maximum absolute atomic E-state index is 14.1. The second kappa shape index (κ2) is 10.1. The Bertz CT molecular complexity index is 1010. The van der Waals surface area contributed by atoms with Crippen molar-refractivity contribution in [3.8, 4) is 0 Å². The van der Waals surface area contributed by atoms with Crippen LogP contribution >= 0.6 is 0 Å². The quantitative estimate of drug-likeness (QED) is 0.266. The molecular weight excluding hydrogens is 494 g/mol. The fraction of sp³-hybridized carbons (Fsp3) is 0.917. The van der Waals surface area contributed by atoms with Gasteiger partial charge in [0.05, 0.1) is 11.5 Å². The molecular formula is C36H61NO3. The molecule has 0 aromatic carbocycles. The van der Waals surface area contributed by atoms with Crippen LogP contribution in [0.2, 0.25) is 0 Å². The molecule has 228 valence electrons. The van der Waals surface area contributed by atoms with Crippen molar-refractivity contribution in [2.75, 3.05) is 26.2 Å². The van der Waals surface area contributed by atoms with E-state index in [1.165, 1.54) is 12.8 Å².